The molecule has 2 rings (SSSR count). The van der Waals surface area contributed by atoms with Crippen LogP contribution in [0.25, 0.3) is 0 Å². The molecule has 0 aromatic carbocycles. The summed E-state index contributed by atoms with van der Waals surface area (Å²) in [5.74, 6) is 2.72. The Kier molecular flexibility index (Phi) is 5.01. The van der Waals surface area contributed by atoms with Crippen LogP contribution in [0.4, 0.5) is 0 Å². The second-order valence-corrected chi connectivity index (χ2v) is 6.24. The zero-order chi connectivity index (χ0) is 13.1. The van der Waals surface area contributed by atoms with Crippen molar-refractivity contribution in [2.45, 2.75) is 37.8 Å². The molecule has 0 radical (unpaired) electrons. The summed E-state index contributed by atoms with van der Waals surface area (Å²) in [6.07, 6.45) is 5.67. The number of nitrogens with two attached hydrogens (primary N) is 1. The molecule has 5 atom stereocenters. The molecule has 0 aliphatic heterocycles. The van der Waals surface area contributed by atoms with Gasteiger partial charge in [0, 0.05) is 25.7 Å². The van der Waals surface area contributed by atoms with Gasteiger partial charge in [-0.2, -0.15) is 0 Å². The second kappa shape index (κ2) is 6.33. The molecule has 0 amide bonds. The molecule has 2 saturated carbocycles. The van der Waals surface area contributed by atoms with E-state index in [2.05, 4.69) is 11.9 Å². The highest BCUT2D eigenvalue weighted by Gasteiger charge is 2.40. The van der Waals surface area contributed by atoms with Gasteiger partial charge in [-0.15, -0.1) is 0 Å². The number of aliphatic hydroxyl groups is 1. The van der Waals surface area contributed by atoms with E-state index < -0.39 is 0 Å². The highest BCUT2D eigenvalue weighted by atomic mass is 16.5. The number of ether oxygens (including phenoxy) is 1. The van der Waals surface area contributed by atoms with Gasteiger partial charge < -0.3 is 15.6 Å². The molecular weight excluding hydrogens is 228 g/mol. The van der Waals surface area contributed by atoms with Crippen molar-refractivity contribution in [3.8, 4) is 0 Å². The van der Waals surface area contributed by atoms with Gasteiger partial charge >= 0.3 is 0 Å². The van der Waals surface area contributed by atoms with Gasteiger partial charge in [0.2, 0.25) is 0 Å². The average Bonchev–Trinajstić information content (AvgIpc) is 2.92. The fraction of sp³-hybridized carbons (Fsp3) is 1.00. The lowest BCUT2D eigenvalue weighted by Crippen LogP contribution is -2.52. The Morgan fingerprint density at radius 3 is 2.67 bits per heavy atom. The minimum absolute atomic E-state index is 0.0177. The summed E-state index contributed by atoms with van der Waals surface area (Å²) in [5, 5.41) is 9.52. The predicted molar refractivity (Wildman–Crippen MR) is 72.3 cm³/mol. The van der Waals surface area contributed by atoms with Crippen LogP contribution in [0.2, 0.25) is 0 Å². The Morgan fingerprint density at radius 1 is 1.39 bits per heavy atom. The zero-order valence-corrected chi connectivity index (χ0v) is 11.7. The standard InChI is InChI=1S/C14H28N2O2/c1-16(14(8-17)13(15)9-18-2)7-12-6-10-3-4-11(12)5-10/h10-14,17H,3-9,15H2,1-2H3. The molecule has 4 heteroatoms. The zero-order valence-electron chi connectivity index (χ0n) is 11.7. The first-order valence-electron chi connectivity index (χ1n) is 7.21. The maximum atomic E-state index is 9.52. The maximum absolute atomic E-state index is 9.52. The minimum Gasteiger partial charge on any atom is -0.395 e. The van der Waals surface area contributed by atoms with E-state index in [1.54, 1.807) is 7.11 Å². The first-order valence-corrected chi connectivity index (χ1v) is 7.21. The van der Waals surface area contributed by atoms with Crippen LogP contribution in [0.1, 0.15) is 25.7 Å². The first kappa shape index (κ1) is 14.3. The topological polar surface area (TPSA) is 58.7 Å². The second-order valence-electron chi connectivity index (χ2n) is 6.24. The van der Waals surface area contributed by atoms with Crippen LogP contribution < -0.4 is 5.73 Å². The summed E-state index contributed by atoms with van der Waals surface area (Å²) in [5.41, 5.74) is 6.06. The number of nitrogens with zero attached hydrogens (tertiary/aromatic N) is 1. The molecule has 2 aliphatic carbocycles. The van der Waals surface area contributed by atoms with Crippen LogP contribution in [0, 0.1) is 17.8 Å². The lowest BCUT2D eigenvalue weighted by Gasteiger charge is -2.34. The molecule has 0 saturated heterocycles. The van der Waals surface area contributed by atoms with E-state index in [1.807, 2.05) is 0 Å². The molecule has 0 heterocycles. The summed E-state index contributed by atoms with van der Waals surface area (Å²) in [6, 6.07) is -0.0901. The van der Waals surface area contributed by atoms with Gasteiger partial charge in [-0.3, -0.25) is 4.90 Å². The molecule has 4 nitrogen and oxygen atoms in total. The molecular formula is C14H28N2O2. The van der Waals surface area contributed by atoms with E-state index in [0.717, 1.165) is 24.3 Å². The van der Waals surface area contributed by atoms with Gasteiger partial charge in [0.25, 0.3) is 0 Å². The maximum Gasteiger partial charge on any atom is 0.0629 e. The fourth-order valence-electron chi connectivity index (χ4n) is 4.01. The van der Waals surface area contributed by atoms with Crippen LogP contribution in [0.3, 0.4) is 0 Å². The van der Waals surface area contributed by atoms with Crippen LogP contribution >= 0.6 is 0 Å². The van der Waals surface area contributed by atoms with Crippen molar-refractivity contribution in [2.24, 2.45) is 23.5 Å². The third kappa shape index (κ3) is 3.05. The summed E-state index contributed by atoms with van der Waals surface area (Å²) in [7, 11) is 3.74. The third-order valence-electron chi connectivity index (χ3n) is 5.01. The normalized spacial score (nSPS) is 34.2. The fourth-order valence-corrected chi connectivity index (χ4v) is 4.01. The molecule has 3 N–H and O–H groups in total. The van der Waals surface area contributed by atoms with Gasteiger partial charge in [0.1, 0.15) is 0 Å². The Hall–Kier alpha value is -0.160. The Labute approximate surface area is 110 Å². The van der Waals surface area contributed by atoms with Crippen LogP contribution in [0.5, 0.6) is 0 Å². The number of hydrogen-bond donors (Lipinski definition) is 2. The molecule has 0 aromatic rings. The summed E-state index contributed by atoms with van der Waals surface area (Å²) in [6.45, 7) is 1.69. The Bertz CT molecular complexity index is 262. The number of likely N-dealkylation sites (N-methyl/N-ethyl adjacent to an activating group) is 1. The van der Waals surface area contributed by atoms with Gasteiger partial charge in [-0.05, 0) is 44.1 Å². The first-order chi connectivity index (χ1) is 8.65. The van der Waals surface area contributed by atoms with Gasteiger partial charge in [0.15, 0.2) is 0 Å². The van der Waals surface area contributed by atoms with E-state index in [4.69, 9.17) is 10.5 Å². The summed E-state index contributed by atoms with van der Waals surface area (Å²) in [4.78, 5) is 2.25. The number of fused-ring (bicyclic) bond motifs is 2. The van der Waals surface area contributed by atoms with E-state index in [1.165, 1.54) is 25.7 Å². The molecule has 2 bridgehead atoms. The van der Waals surface area contributed by atoms with E-state index in [-0.39, 0.29) is 18.7 Å². The van der Waals surface area contributed by atoms with Gasteiger partial charge in [-0.25, -0.2) is 0 Å². The smallest absolute Gasteiger partial charge is 0.0629 e. The molecule has 18 heavy (non-hydrogen) atoms. The molecule has 2 aliphatic rings. The van der Waals surface area contributed by atoms with E-state index in [0.29, 0.717) is 6.61 Å². The Balaban J connectivity index is 1.83. The van der Waals surface area contributed by atoms with Crippen molar-refractivity contribution in [3.05, 3.63) is 0 Å². The molecule has 0 aromatic heterocycles. The Morgan fingerprint density at radius 2 is 2.17 bits per heavy atom. The minimum atomic E-state index is -0.108. The van der Waals surface area contributed by atoms with Crippen molar-refractivity contribution >= 4 is 0 Å². The average molecular weight is 256 g/mol. The largest absolute Gasteiger partial charge is 0.395 e. The SMILES string of the molecule is COCC(N)C(CO)N(C)CC1CC2CCC1C2. The third-order valence-corrected chi connectivity index (χ3v) is 5.01. The monoisotopic (exact) mass is 256 g/mol. The number of methoxy groups -OCH3 is 1. The van der Waals surface area contributed by atoms with Gasteiger partial charge in [0.05, 0.1) is 13.2 Å². The van der Waals surface area contributed by atoms with Crippen molar-refractivity contribution < 1.29 is 9.84 Å². The molecule has 2 fully saturated rings. The van der Waals surface area contributed by atoms with E-state index in [9.17, 15) is 5.11 Å². The quantitative estimate of drug-likeness (QED) is 0.703. The molecule has 5 unspecified atom stereocenters. The van der Waals surface area contributed by atoms with Crippen LogP contribution in [-0.2, 0) is 4.74 Å². The number of hydrogen-bond acceptors (Lipinski definition) is 4. The van der Waals surface area contributed by atoms with Crippen molar-refractivity contribution in [3.63, 3.8) is 0 Å². The lowest BCUT2D eigenvalue weighted by atomic mass is 9.88. The highest BCUT2D eigenvalue weighted by Crippen LogP contribution is 2.48. The van der Waals surface area contributed by atoms with Crippen molar-refractivity contribution in [1.82, 2.24) is 4.90 Å². The predicted octanol–water partition coefficient (Wildman–Crippen LogP) is 0.689. The number of aliphatic hydroxyl groups excluding tert-OH is 1. The molecule has 0 spiro atoms. The molecule has 106 valence electrons. The van der Waals surface area contributed by atoms with E-state index >= 15 is 0 Å². The summed E-state index contributed by atoms with van der Waals surface area (Å²) < 4.78 is 5.09. The number of rotatable bonds is 7. The van der Waals surface area contributed by atoms with Crippen LogP contribution in [-0.4, -0.2) is 56.0 Å². The van der Waals surface area contributed by atoms with Crippen LogP contribution in [0.15, 0.2) is 0 Å². The lowest BCUT2D eigenvalue weighted by molar-refractivity contribution is 0.0702. The van der Waals surface area contributed by atoms with Gasteiger partial charge in [-0.1, -0.05) is 6.42 Å². The highest BCUT2D eigenvalue weighted by molar-refractivity contribution is 4.92. The van der Waals surface area contributed by atoms with Crippen molar-refractivity contribution in [2.75, 3.05) is 33.9 Å². The van der Waals surface area contributed by atoms with Crippen molar-refractivity contribution in [1.29, 1.82) is 0 Å². The summed E-state index contributed by atoms with van der Waals surface area (Å²) >= 11 is 0.